The van der Waals surface area contributed by atoms with Crippen LogP contribution in [0, 0.1) is 10.1 Å². The average Bonchev–Trinajstić information content (AvgIpc) is 2.47. The van der Waals surface area contributed by atoms with Gasteiger partial charge in [0.15, 0.2) is 0 Å². The highest BCUT2D eigenvalue weighted by atomic mass is 35.5. The maximum Gasteiger partial charge on any atom is 0.270 e. The van der Waals surface area contributed by atoms with E-state index in [-0.39, 0.29) is 5.69 Å². The largest absolute Gasteiger partial charge is 0.306 e. The number of nitrogens with zero attached hydrogens (tertiary/aromatic N) is 2. The van der Waals surface area contributed by atoms with Gasteiger partial charge in [0.25, 0.3) is 5.69 Å². The first-order valence-electron chi connectivity index (χ1n) is 6.12. The minimum absolute atomic E-state index is 0.0556. The molecule has 0 spiro atoms. The van der Waals surface area contributed by atoms with Gasteiger partial charge in [0, 0.05) is 38.3 Å². The minimum atomic E-state index is -0.495. The van der Waals surface area contributed by atoms with Crippen LogP contribution in [0.1, 0.15) is 11.1 Å². The summed E-state index contributed by atoms with van der Waals surface area (Å²) >= 11 is 18.0. The highest BCUT2D eigenvalue weighted by molar-refractivity contribution is 6.36. The van der Waals surface area contributed by atoms with Gasteiger partial charge in [-0.2, -0.15) is 5.10 Å². The number of halogens is 3. The van der Waals surface area contributed by atoms with E-state index in [2.05, 4.69) is 10.5 Å². The fraction of sp³-hybridized carbons (Fsp3) is 0.0714. The molecule has 0 atom stereocenters. The molecule has 2 rings (SSSR count). The number of nitro groups is 1. The molecule has 2 aromatic rings. The number of hydrazone groups is 1. The van der Waals surface area contributed by atoms with Crippen molar-refractivity contribution < 1.29 is 4.92 Å². The van der Waals surface area contributed by atoms with Crippen LogP contribution >= 0.6 is 34.8 Å². The Bertz CT molecular complexity index is 715. The molecule has 2 aromatic carbocycles. The van der Waals surface area contributed by atoms with Gasteiger partial charge >= 0.3 is 0 Å². The third-order valence-corrected chi connectivity index (χ3v) is 3.86. The second kappa shape index (κ2) is 7.45. The second-order valence-corrected chi connectivity index (χ2v) is 5.48. The molecule has 0 unspecified atom stereocenters. The van der Waals surface area contributed by atoms with Gasteiger partial charge in [-0.25, -0.2) is 0 Å². The minimum Gasteiger partial charge on any atom is -0.306 e. The van der Waals surface area contributed by atoms with Crippen LogP contribution in [0.2, 0.25) is 15.1 Å². The molecule has 22 heavy (non-hydrogen) atoms. The molecule has 5 nitrogen and oxygen atoms in total. The average molecular weight is 359 g/mol. The molecule has 0 aromatic heterocycles. The summed E-state index contributed by atoms with van der Waals surface area (Å²) in [6.45, 7) is 0.321. The van der Waals surface area contributed by atoms with Crippen LogP contribution in [-0.2, 0) is 6.54 Å². The van der Waals surface area contributed by atoms with E-state index in [1.807, 2.05) is 0 Å². The van der Waals surface area contributed by atoms with Crippen molar-refractivity contribution in [3.05, 3.63) is 72.7 Å². The lowest BCUT2D eigenvalue weighted by Crippen LogP contribution is -2.06. The summed E-state index contributed by atoms with van der Waals surface area (Å²) in [5.74, 6) is 0. The van der Waals surface area contributed by atoms with Crippen molar-refractivity contribution in [2.75, 3.05) is 0 Å². The van der Waals surface area contributed by atoms with Crippen molar-refractivity contribution in [2.24, 2.45) is 5.10 Å². The van der Waals surface area contributed by atoms with Crippen molar-refractivity contribution >= 4 is 46.7 Å². The topological polar surface area (TPSA) is 67.5 Å². The Morgan fingerprint density at radius 2 is 1.82 bits per heavy atom. The Hall–Kier alpha value is -1.82. The second-order valence-electron chi connectivity index (χ2n) is 4.26. The van der Waals surface area contributed by atoms with Crippen molar-refractivity contribution in [2.45, 2.75) is 6.54 Å². The van der Waals surface area contributed by atoms with Gasteiger partial charge in [0.05, 0.1) is 17.7 Å². The van der Waals surface area contributed by atoms with Crippen LogP contribution in [0.5, 0.6) is 0 Å². The summed E-state index contributed by atoms with van der Waals surface area (Å²) in [7, 11) is 0. The molecule has 8 heteroatoms. The predicted molar refractivity (Wildman–Crippen MR) is 89.0 cm³/mol. The number of hydrogen-bond donors (Lipinski definition) is 1. The molecular weight excluding hydrogens is 349 g/mol. The van der Waals surface area contributed by atoms with Crippen LogP contribution in [0.25, 0.3) is 0 Å². The van der Waals surface area contributed by atoms with Crippen LogP contribution in [0.15, 0.2) is 41.5 Å². The maximum atomic E-state index is 10.7. The lowest BCUT2D eigenvalue weighted by Gasteiger charge is -2.06. The Kier molecular flexibility index (Phi) is 5.60. The molecule has 0 radical (unpaired) electrons. The van der Waals surface area contributed by atoms with Gasteiger partial charge in [0.2, 0.25) is 0 Å². The smallest absolute Gasteiger partial charge is 0.270 e. The summed E-state index contributed by atoms with van der Waals surface area (Å²) in [4.78, 5) is 10.2. The fourth-order valence-electron chi connectivity index (χ4n) is 1.68. The van der Waals surface area contributed by atoms with E-state index in [0.717, 1.165) is 0 Å². The Labute approximate surface area is 141 Å². The standard InChI is InChI=1S/C14H10Cl3N3O2/c15-12-5-4-10(20(21)22)6-9(12)7-18-19-8-11-13(16)2-1-3-14(11)17/h1-7,19H,8H2/b18-7-. The number of benzene rings is 2. The molecule has 0 saturated heterocycles. The van der Waals surface area contributed by atoms with Gasteiger partial charge in [-0.05, 0) is 18.2 Å². The lowest BCUT2D eigenvalue weighted by molar-refractivity contribution is -0.384. The number of hydrogen-bond acceptors (Lipinski definition) is 4. The predicted octanol–water partition coefficient (Wildman–Crippen LogP) is 4.68. The molecule has 114 valence electrons. The van der Waals surface area contributed by atoms with E-state index < -0.39 is 4.92 Å². The molecule has 0 fully saturated rings. The Morgan fingerprint density at radius 3 is 2.45 bits per heavy atom. The van der Waals surface area contributed by atoms with E-state index in [1.54, 1.807) is 18.2 Å². The zero-order valence-corrected chi connectivity index (χ0v) is 13.4. The first kappa shape index (κ1) is 16.5. The third kappa shape index (κ3) is 4.10. The first-order valence-corrected chi connectivity index (χ1v) is 7.25. The lowest BCUT2D eigenvalue weighted by atomic mass is 10.2. The normalized spacial score (nSPS) is 10.9. The van der Waals surface area contributed by atoms with Crippen LogP contribution < -0.4 is 5.43 Å². The number of nitrogens with one attached hydrogen (secondary N) is 1. The van der Waals surface area contributed by atoms with Crippen LogP contribution in [0.3, 0.4) is 0 Å². The summed E-state index contributed by atoms with van der Waals surface area (Å²) < 4.78 is 0. The van der Waals surface area contributed by atoms with Gasteiger partial charge in [0.1, 0.15) is 0 Å². The fourth-order valence-corrected chi connectivity index (χ4v) is 2.38. The monoisotopic (exact) mass is 357 g/mol. The van der Waals surface area contributed by atoms with E-state index >= 15 is 0 Å². The quantitative estimate of drug-likeness (QED) is 0.479. The molecular formula is C14H10Cl3N3O2. The molecule has 0 aliphatic carbocycles. The number of rotatable bonds is 5. The molecule has 0 bridgehead atoms. The van der Waals surface area contributed by atoms with E-state index in [1.165, 1.54) is 24.4 Å². The van der Waals surface area contributed by atoms with Crippen molar-refractivity contribution in [1.82, 2.24) is 5.43 Å². The van der Waals surface area contributed by atoms with Gasteiger partial charge in [-0.3, -0.25) is 10.1 Å². The number of nitro benzene ring substituents is 1. The third-order valence-electron chi connectivity index (χ3n) is 2.80. The van der Waals surface area contributed by atoms with Gasteiger partial charge in [-0.1, -0.05) is 40.9 Å². The van der Waals surface area contributed by atoms with Crippen LogP contribution in [0.4, 0.5) is 5.69 Å². The van der Waals surface area contributed by atoms with E-state index in [9.17, 15) is 10.1 Å². The summed E-state index contributed by atoms with van der Waals surface area (Å²) in [6.07, 6.45) is 1.40. The van der Waals surface area contributed by atoms with Crippen molar-refractivity contribution in [3.63, 3.8) is 0 Å². The maximum absolute atomic E-state index is 10.7. The summed E-state index contributed by atoms with van der Waals surface area (Å²) in [6, 6.07) is 9.33. The highest BCUT2D eigenvalue weighted by Crippen LogP contribution is 2.24. The summed E-state index contributed by atoms with van der Waals surface area (Å²) in [5.41, 5.74) is 3.88. The van der Waals surface area contributed by atoms with E-state index in [0.29, 0.717) is 32.7 Å². The first-order chi connectivity index (χ1) is 10.5. The van der Waals surface area contributed by atoms with E-state index in [4.69, 9.17) is 34.8 Å². The number of non-ortho nitro benzene ring substituents is 1. The highest BCUT2D eigenvalue weighted by Gasteiger charge is 2.08. The van der Waals surface area contributed by atoms with Crippen molar-refractivity contribution in [1.29, 1.82) is 0 Å². The zero-order chi connectivity index (χ0) is 16.1. The zero-order valence-electron chi connectivity index (χ0n) is 11.1. The molecule has 0 amide bonds. The molecule has 0 aliphatic rings. The summed E-state index contributed by atoms with van der Waals surface area (Å²) in [5, 5.41) is 16.1. The molecule has 0 aliphatic heterocycles. The van der Waals surface area contributed by atoms with Crippen LogP contribution in [-0.4, -0.2) is 11.1 Å². The molecule has 1 N–H and O–H groups in total. The molecule has 0 saturated carbocycles. The van der Waals surface area contributed by atoms with Gasteiger partial charge < -0.3 is 5.43 Å². The van der Waals surface area contributed by atoms with Crippen molar-refractivity contribution in [3.8, 4) is 0 Å². The Balaban J connectivity index is 2.07. The Morgan fingerprint density at radius 1 is 1.14 bits per heavy atom. The van der Waals surface area contributed by atoms with Gasteiger partial charge in [-0.15, -0.1) is 0 Å². The SMILES string of the molecule is O=[N+]([O-])c1ccc(Cl)c(/C=N\NCc2c(Cl)cccc2Cl)c1. The molecule has 0 heterocycles.